The van der Waals surface area contributed by atoms with Crippen LogP contribution in [0.4, 0.5) is 20.2 Å². The first-order valence-electron chi connectivity index (χ1n) is 11.0. The molecule has 1 atom stereocenters. The van der Waals surface area contributed by atoms with Gasteiger partial charge in [-0.25, -0.2) is 8.78 Å². The van der Waals surface area contributed by atoms with Crippen LogP contribution in [0.5, 0.6) is 5.75 Å². The molecule has 0 saturated heterocycles. The molecule has 3 aromatic carbocycles. The van der Waals surface area contributed by atoms with Crippen molar-refractivity contribution in [2.45, 2.75) is 26.2 Å². The zero-order valence-corrected chi connectivity index (χ0v) is 19.7. The van der Waals surface area contributed by atoms with Gasteiger partial charge < -0.3 is 20.8 Å². The maximum absolute atomic E-state index is 14.0. The summed E-state index contributed by atoms with van der Waals surface area (Å²) in [6, 6.07) is 19.8. The largest absolute Gasteiger partial charge is 0.496 e. The average Bonchev–Trinajstić information content (AvgIpc) is 2.84. The zero-order valence-electron chi connectivity index (χ0n) is 19.7. The molecule has 0 spiro atoms. The second-order valence-electron chi connectivity index (χ2n) is 8.01. The van der Waals surface area contributed by atoms with Crippen LogP contribution >= 0.6 is 0 Å². The Bertz CT molecular complexity index is 1230. The third-order valence-corrected chi connectivity index (χ3v) is 5.51. The monoisotopic (exact) mass is 479 g/mol. The number of anilines is 2. The molecule has 182 valence electrons. The van der Waals surface area contributed by atoms with Crippen LogP contribution in [0.2, 0.25) is 0 Å². The number of ether oxygens (including phenoxy) is 1. The highest BCUT2D eigenvalue weighted by Gasteiger charge is 2.31. The van der Waals surface area contributed by atoms with Gasteiger partial charge >= 0.3 is 0 Å². The fourth-order valence-corrected chi connectivity index (χ4v) is 3.60. The summed E-state index contributed by atoms with van der Waals surface area (Å²) >= 11 is 0. The maximum atomic E-state index is 14.0. The van der Waals surface area contributed by atoms with Gasteiger partial charge in [-0.3, -0.25) is 9.59 Å². The van der Waals surface area contributed by atoms with E-state index in [2.05, 4.69) is 10.6 Å². The second-order valence-corrected chi connectivity index (χ2v) is 8.01. The summed E-state index contributed by atoms with van der Waals surface area (Å²) < 4.78 is 33.5. The Hall–Kier alpha value is -4.07. The molecular weight excluding hydrogens is 452 g/mol. The van der Waals surface area contributed by atoms with Gasteiger partial charge in [0.2, 0.25) is 11.8 Å². The molecule has 35 heavy (non-hydrogen) atoms. The lowest BCUT2D eigenvalue weighted by molar-refractivity contribution is -0.126. The highest BCUT2D eigenvalue weighted by atomic mass is 19.3. The Kier molecular flexibility index (Phi) is 7.96. The highest BCUT2D eigenvalue weighted by molar-refractivity contribution is 6.24. The van der Waals surface area contributed by atoms with Crippen molar-refractivity contribution in [1.29, 1.82) is 5.41 Å². The number of carbonyl (C=O) groups is 2. The molecule has 0 fully saturated rings. The quantitative estimate of drug-likeness (QED) is 0.256. The van der Waals surface area contributed by atoms with Crippen LogP contribution in [0.15, 0.2) is 72.8 Å². The molecular formula is C27H27F2N3O3. The van der Waals surface area contributed by atoms with E-state index in [-0.39, 0.29) is 23.4 Å². The van der Waals surface area contributed by atoms with Crippen molar-refractivity contribution in [1.82, 2.24) is 0 Å². The third kappa shape index (κ3) is 6.09. The SMILES string of the molecule is CCC(F)(F)c1cccc(NC(=O)C(C(C)=N)C(=O)Nc2ccc(OC)c(-c3ccccc3)c2)c1. The van der Waals surface area contributed by atoms with E-state index in [4.69, 9.17) is 10.1 Å². The van der Waals surface area contributed by atoms with Gasteiger partial charge in [0, 0.05) is 34.6 Å². The van der Waals surface area contributed by atoms with Gasteiger partial charge in [0.25, 0.3) is 5.92 Å². The number of nitrogens with one attached hydrogen (secondary N) is 3. The van der Waals surface area contributed by atoms with E-state index in [9.17, 15) is 18.4 Å². The van der Waals surface area contributed by atoms with E-state index in [0.29, 0.717) is 11.4 Å². The molecule has 0 aliphatic heterocycles. The summed E-state index contributed by atoms with van der Waals surface area (Å²) in [5.74, 6) is -5.39. The third-order valence-electron chi connectivity index (χ3n) is 5.51. The Labute approximate surface area is 202 Å². The van der Waals surface area contributed by atoms with E-state index >= 15 is 0 Å². The van der Waals surface area contributed by atoms with Crippen LogP contribution in [0.3, 0.4) is 0 Å². The zero-order chi connectivity index (χ0) is 25.6. The van der Waals surface area contributed by atoms with Gasteiger partial charge in [0.15, 0.2) is 5.92 Å². The molecule has 0 aromatic heterocycles. The minimum atomic E-state index is -3.04. The fourth-order valence-electron chi connectivity index (χ4n) is 3.60. The first-order valence-corrected chi connectivity index (χ1v) is 11.0. The number of alkyl halides is 2. The minimum absolute atomic E-state index is 0.121. The van der Waals surface area contributed by atoms with Crippen LogP contribution in [0.25, 0.3) is 11.1 Å². The lowest BCUT2D eigenvalue weighted by Gasteiger charge is -2.18. The predicted octanol–water partition coefficient (Wildman–Crippen LogP) is 6.10. The number of hydrogen-bond acceptors (Lipinski definition) is 4. The van der Waals surface area contributed by atoms with Gasteiger partial charge in [0.05, 0.1) is 7.11 Å². The maximum Gasteiger partial charge on any atom is 0.273 e. The Balaban J connectivity index is 1.81. The van der Waals surface area contributed by atoms with Gasteiger partial charge in [-0.1, -0.05) is 49.4 Å². The number of hydrogen-bond donors (Lipinski definition) is 3. The molecule has 0 heterocycles. The molecule has 0 aliphatic rings. The van der Waals surface area contributed by atoms with E-state index in [0.717, 1.165) is 11.1 Å². The second kappa shape index (κ2) is 10.9. The summed E-state index contributed by atoms with van der Waals surface area (Å²) in [6.45, 7) is 2.71. The summed E-state index contributed by atoms with van der Waals surface area (Å²) in [6.07, 6.45) is -0.387. The van der Waals surface area contributed by atoms with Crippen LogP contribution in [-0.2, 0) is 15.5 Å². The van der Waals surface area contributed by atoms with Gasteiger partial charge in [-0.2, -0.15) is 0 Å². The molecule has 0 aliphatic carbocycles. The van der Waals surface area contributed by atoms with Crippen molar-refractivity contribution >= 4 is 28.9 Å². The normalized spacial score (nSPS) is 11.9. The molecule has 1 unspecified atom stereocenters. The van der Waals surface area contributed by atoms with Crippen LogP contribution < -0.4 is 15.4 Å². The number of methoxy groups -OCH3 is 1. The molecule has 8 heteroatoms. The van der Waals surface area contributed by atoms with Gasteiger partial charge in [-0.05, 0) is 42.8 Å². The summed E-state index contributed by atoms with van der Waals surface area (Å²) in [5, 5.41) is 13.2. The summed E-state index contributed by atoms with van der Waals surface area (Å²) in [5.41, 5.74) is 1.73. The van der Waals surface area contributed by atoms with E-state index in [1.54, 1.807) is 25.3 Å². The van der Waals surface area contributed by atoms with E-state index in [1.165, 1.54) is 38.1 Å². The van der Waals surface area contributed by atoms with Crippen LogP contribution in [-0.4, -0.2) is 24.6 Å². The van der Waals surface area contributed by atoms with Gasteiger partial charge in [0.1, 0.15) is 5.75 Å². The Morgan fingerprint density at radius 2 is 1.57 bits per heavy atom. The van der Waals surface area contributed by atoms with E-state index < -0.39 is 23.7 Å². The Morgan fingerprint density at radius 3 is 2.14 bits per heavy atom. The number of rotatable bonds is 9. The molecule has 0 saturated carbocycles. The fraction of sp³-hybridized carbons (Fsp3) is 0.222. The average molecular weight is 480 g/mol. The summed E-state index contributed by atoms with van der Waals surface area (Å²) in [4.78, 5) is 25.9. The standard InChI is InChI=1S/C27H27F2N3O3/c1-4-27(28,29)19-11-8-12-20(15-19)31-25(33)24(17(2)30)26(34)32-21-13-14-23(35-3)22(16-21)18-9-6-5-7-10-18/h5-16,24,30H,4H2,1-3H3,(H,31,33)(H,32,34). The predicted molar refractivity (Wildman–Crippen MR) is 133 cm³/mol. The molecule has 3 rings (SSSR count). The van der Waals surface area contributed by atoms with Crippen molar-refractivity contribution in [3.05, 3.63) is 78.4 Å². The molecule has 6 nitrogen and oxygen atoms in total. The van der Waals surface area contributed by atoms with Gasteiger partial charge in [-0.15, -0.1) is 0 Å². The van der Waals surface area contributed by atoms with Crippen LogP contribution in [0.1, 0.15) is 25.8 Å². The van der Waals surface area contributed by atoms with Crippen LogP contribution in [0, 0.1) is 11.3 Å². The Morgan fingerprint density at radius 1 is 0.943 bits per heavy atom. The first kappa shape index (κ1) is 25.6. The minimum Gasteiger partial charge on any atom is -0.496 e. The number of benzene rings is 3. The van der Waals surface area contributed by atoms with Crippen molar-refractivity contribution in [3.63, 3.8) is 0 Å². The van der Waals surface area contributed by atoms with Crippen molar-refractivity contribution in [2.24, 2.45) is 5.92 Å². The first-order chi connectivity index (χ1) is 16.7. The number of carbonyl (C=O) groups excluding carboxylic acids is 2. The van der Waals surface area contributed by atoms with E-state index in [1.807, 2.05) is 30.3 Å². The molecule has 3 aromatic rings. The van der Waals surface area contributed by atoms with Crippen molar-refractivity contribution in [2.75, 3.05) is 17.7 Å². The topological polar surface area (TPSA) is 91.3 Å². The molecule has 3 N–H and O–H groups in total. The lowest BCUT2D eigenvalue weighted by Crippen LogP contribution is -2.38. The molecule has 0 radical (unpaired) electrons. The molecule has 0 bridgehead atoms. The highest BCUT2D eigenvalue weighted by Crippen LogP contribution is 2.34. The number of halogens is 2. The number of amides is 2. The lowest BCUT2D eigenvalue weighted by atomic mass is 10.0. The summed E-state index contributed by atoms with van der Waals surface area (Å²) in [7, 11) is 1.55. The van der Waals surface area contributed by atoms with Crippen molar-refractivity contribution < 1.29 is 23.1 Å². The van der Waals surface area contributed by atoms with Crippen molar-refractivity contribution in [3.8, 4) is 16.9 Å². The molecule has 2 amide bonds. The smallest absolute Gasteiger partial charge is 0.273 e.